The standard InChI is InChI=1S/C37H39NO11/c1-19(2)12-13-22-18-23(14-16-25(22)39)33(42)38-27-28(40)24-15-17-26(20(3)30(24)47-35(27)44)46-36-29(41)31(32(45-6)37(4,5)49-36)48-34(43)21-10-8-7-9-11-21/h7-12,14-18,29,31-32,36,39-41H,13H2,1-6H3,(H,38,42). The summed E-state index contributed by atoms with van der Waals surface area (Å²) in [5.74, 6) is -1.72. The number of esters is 1. The molecule has 4 N–H and O–H groups in total. The smallest absolute Gasteiger partial charge is 0.364 e. The highest BCUT2D eigenvalue weighted by Crippen LogP contribution is 2.39. The van der Waals surface area contributed by atoms with Crippen LogP contribution in [0.1, 0.15) is 59.5 Å². The van der Waals surface area contributed by atoms with E-state index < -0.39 is 59.1 Å². The molecule has 0 bridgehead atoms. The van der Waals surface area contributed by atoms with E-state index in [1.807, 2.05) is 19.9 Å². The summed E-state index contributed by atoms with van der Waals surface area (Å²) < 4.78 is 29.0. The Morgan fingerprint density at radius 1 is 1.02 bits per heavy atom. The zero-order valence-electron chi connectivity index (χ0n) is 28.0. The first-order valence-corrected chi connectivity index (χ1v) is 15.6. The number of carbonyl (C=O) groups excluding carboxylic acids is 2. The Labute approximate surface area is 282 Å². The Morgan fingerprint density at radius 3 is 2.41 bits per heavy atom. The highest BCUT2D eigenvalue weighted by Gasteiger charge is 2.53. The zero-order chi connectivity index (χ0) is 35.6. The summed E-state index contributed by atoms with van der Waals surface area (Å²) in [5, 5.41) is 35.2. The minimum atomic E-state index is -1.50. The first kappa shape index (κ1) is 35.1. The molecule has 3 aromatic carbocycles. The number of allylic oxidation sites excluding steroid dienone is 2. The number of amides is 1. The Kier molecular flexibility index (Phi) is 10.1. The summed E-state index contributed by atoms with van der Waals surface area (Å²) in [6.07, 6.45) is -2.59. The Balaban J connectivity index is 1.40. The van der Waals surface area contributed by atoms with Crippen molar-refractivity contribution in [1.29, 1.82) is 0 Å². The molecule has 1 fully saturated rings. The van der Waals surface area contributed by atoms with Gasteiger partial charge < -0.3 is 44.0 Å². The average Bonchev–Trinajstić information content (AvgIpc) is 3.06. The number of hydrogen-bond donors (Lipinski definition) is 4. The van der Waals surface area contributed by atoms with Crippen LogP contribution in [0.15, 0.2) is 81.5 Å². The van der Waals surface area contributed by atoms with Gasteiger partial charge in [0.05, 0.1) is 16.6 Å². The highest BCUT2D eigenvalue weighted by molar-refractivity contribution is 6.06. The third kappa shape index (κ3) is 7.31. The normalized spacial score (nSPS) is 20.0. The second kappa shape index (κ2) is 14.1. The molecule has 1 amide bonds. The molecule has 258 valence electrons. The van der Waals surface area contributed by atoms with E-state index >= 15 is 0 Å². The lowest BCUT2D eigenvalue weighted by molar-refractivity contribution is -0.305. The topological polar surface area (TPSA) is 174 Å². The number of carbonyl (C=O) groups is 2. The predicted octanol–water partition coefficient (Wildman–Crippen LogP) is 5.39. The zero-order valence-corrected chi connectivity index (χ0v) is 28.0. The van der Waals surface area contributed by atoms with Crippen LogP contribution in [0.2, 0.25) is 0 Å². The van der Waals surface area contributed by atoms with Crippen LogP contribution >= 0.6 is 0 Å². The molecule has 1 aliphatic heterocycles. The number of fused-ring (bicyclic) bond motifs is 1. The molecule has 1 aliphatic rings. The van der Waals surface area contributed by atoms with Crippen LogP contribution in [0.25, 0.3) is 11.0 Å². The monoisotopic (exact) mass is 673 g/mol. The van der Waals surface area contributed by atoms with Crippen LogP contribution in [0.5, 0.6) is 17.2 Å². The van der Waals surface area contributed by atoms with Crippen molar-refractivity contribution in [3.63, 3.8) is 0 Å². The number of benzene rings is 3. The van der Waals surface area contributed by atoms with Crippen molar-refractivity contribution in [3.05, 3.63) is 105 Å². The summed E-state index contributed by atoms with van der Waals surface area (Å²) in [7, 11) is 1.42. The molecular weight excluding hydrogens is 634 g/mol. The van der Waals surface area contributed by atoms with Crippen LogP contribution in [-0.2, 0) is 20.6 Å². The van der Waals surface area contributed by atoms with Gasteiger partial charge in [-0.2, -0.15) is 0 Å². The Bertz CT molecular complexity index is 1960. The van der Waals surface area contributed by atoms with E-state index in [1.165, 1.54) is 37.4 Å². The lowest BCUT2D eigenvalue weighted by Crippen LogP contribution is -2.65. The van der Waals surface area contributed by atoms with Crippen molar-refractivity contribution in [1.82, 2.24) is 0 Å². The molecule has 0 spiro atoms. The fraction of sp³-hybridized carbons (Fsp3) is 0.324. The second-order valence-electron chi connectivity index (χ2n) is 12.6. The van der Waals surface area contributed by atoms with Gasteiger partial charge in [-0.15, -0.1) is 0 Å². The molecule has 1 saturated heterocycles. The summed E-state index contributed by atoms with van der Waals surface area (Å²) in [4.78, 5) is 39.1. The molecule has 0 radical (unpaired) electrons. The quantitative estimate of drug-likeness (QED) is 0.102. The largest absolute Gasteiger partial charge is 0.508 e. The minimum Gasteiger partial charge on any atom is -0.508 e. The van der Waals surface area contributed by atoms with Gasteiger partial charge in [-0.05, 0) is 89.1 Å². The number of phenolic OH excluding ortho intramolecular Hbond substituents is 1. The van der Waals surface area contributed by atoms with E-state index in [-0.39, 0.29) is 39.2 Å². The summed E-state index contributed by atoms with van der Waals surface area (Å²) in [6.45, 7) is 8.81. The van der Waals surface area contributed by atoms with Crippen molar-refractivity contribution in [2.45, 2.75) is 71.2 Å². The van der Waals surface area contributed by atoms with Crippen LogP contribution in [0.4, 0.5) is 5.69 Å². The van der Waals surface area contributed by atoms with Gasteiger partial charge in [0.1, 0.15) is 23.2 Å². The van der Waals surface area contributed by atoms with Crippen molar-refractivity contribution >= 4 is 28.5 Å². The van der Waals surface area contributed by atoms with Crippen molar-refractivity contribution in [2.24, 2.45) is 0 Å². The number of anilines is 1. The Hall–Kier alpha value is -5.17. The third-order valence-corrected chi connectivity index (χ3v) is 8.33. The third-order valence-electron chi connectivity index (χ3n) is 8.33. The lowest BCUT2D eigenvalue weighted by Gasteiger charge is -2.47. The van der Waals surface area contributed by atoms with Gasteiger partial charge in [0.25, 0.3) is 5.91 Å². The molecule has 0 aliphatic carbocycles. The van der Waals surface area contributed by atoms with Crippen LogP contribution < -0.4 is 15.7 Å². The molecule has 4 atom stereocenters. The number of methoxy groups -OCH3 is 1. The fourth-order valence-corrected chi connectivity index (χ4v) is 5.69. The maximum Gasteiger partial charge on any atom is 0.364 e. The number of aromatic hydroxyl groups is 2. The molecular formula is C37H39NO11. The van der Waals surface area contributed by atoms with E-state index in [1.54, 1.807) is 51.1 Å². The van der Waals surface area contributed by atoms with Crippen molar-refractivity contribution in [2.75, 3.05) is 12.4 Å². The minimum absolute atomic E-state index is 0.0209. The molecule has 4 aromatic rings. The average molecular weight is 674 g/mol. The van der Waals surface area contributed by atoms with Crippen molar-refractivity contribution < 1.29 is 48.3 Å². The maximum absolute atomic E-state index is 13.1. The van der Waals surface area contributed by atoms with E-state index in [4.69, 9.17) is 23.4 Å². The second-order valence-corrected chi connectivity index (χ2v) is 12.6. The summed E-state index contributed by atoms with van der Waals surface area (Å²) in [6, 6.07) is 15.5. The molecule has 12 heteroatoms. The number of ether oxygens (including phenoxy) is 4. The van der Waals surface area contributed by atoms with Crippen LogP contribution in [0, 0.1) is 6.92 Å². The number of aryl methyl sites for hydroxylation is 1. The van der Waals surface area contributed by atoms with E-state index in [9.17, 15) is 29.7 Å². The van der Waals surface area contributed by atoms with Gasteiger partial charge in [0.2, 0.25) is 6.29 Å². The van der Waals surface area contributed by atoms with E-state index in [2.05, 4.69) is 5.32 Å². The molecule has 2 heterocycles. The molecule has 0 saturated carbocycles. The number of aliphatic hydroxyl groups excluding tert-OH is 1. The predicted molar refractivity (Wildman–Crippen MR) is 180 cm³/mol. The summed E-state index contributed by atoms with van der Waals surface area (Å²) in [5.41, 5.74) is -0.326. The SMILES string of the molecule is COC1C(OC(=O)c2ccccc2)C(O)C(Oc2ccc3c(O)c(NC(=O)c4ccc(O)c(CC=C(C)C)c4)c(=O)oc3c2C)OC1(C)C. The maximum atomic E-state index is 13.1. The number of hydrogen-bond acceptors (Lipinski definition) is 11. The van der Waals surface area contributed by atoms with Gasteiger partial charge in [-0.25, -0.2) is 9.59 Å². The molecule has 49 heavy (non-hydrogen) atoms. The first-order valence-electron chi connectivity index (χ1n) is 15.6. The van der Waals surface area contributed by atoms with Gasteiger partial charge in [0, 0.05) is 18.2 Å². The molecule has 1 aromatic heterocycles. The molecule has 12 nitrogen and oxygen atoms in total. The molecule has 5 rings (SSSR count). The lowest BCUT2D eigenvalue weighted by atomic mass is 9.89. The van der Waals surface area contributed by atoms with Gasteiger partial charge in [-0.3, -0.25) is 4.79 Å². The number of phenols is 1. The molecule has 4 unspecified atom stereocenters. The van der Waals surface area contributed by atoms with Crippen LogP contribution in [0.3, 0.4) is 0 Å². The highest BCUT2D eigenvalue weighted by atomic mass is 16.7. The first-order chi connectivity index (χ1) is 23.2. The Morgan fingerprint density at radius 2 is 1.73 bits per heavy atom. The van der Waals surface area contributed by atoms with Gasteiger partial charge >= 0.3 is 11.6 Å². The van der Waals surface area contributed by atoms with E-state index in [0.29, 0.717) is 12.0 Å². The number of rotatable bonds is 9. The summed E-state index contributed by atoms with van der Waals surface area (Å²) >= 11 is 0. The van der Waals surface area contributed by atoms with Gasteiger partial charge in [-0.1, -0.05) is 29.8 Å². The van der Waals surface area contributed by atoms with Crippen molar-refractivity contribution in [3.8, 4) is 17.2 Å². The fourth-order valence-electron chi connectivity index (χ4n) is 5.69. The van der Waals surface area contributed by atoms with Crippen LogP contribution in [-0.4, -0.2) is 64.5 Å². The van der Waals surface area contributed by atoms with E-state index in [0.717, 1.165) is 5.57 Å². The van der Waals surface area contributed by atoms with Gasteiger partial charge in [0.15, 0.2) is 23.6 Å². The number of aliphatic hydroxyl groups is 1. The number of nitrogens with one attached hydrogen (secondary N) is 1.